The second-order valence-electron chi connectivity index (χ2n) is 6.56. The van der Waals surface area contributed by atoms with Crippen LogP contribution < -0.4 is 9.50 Å². The van der Waals surface area contributed by atoms with Crippen LogP contribution in [0.15, 0.2) is 24.3 Å². The number of ether oxygens (including phenoxy) is 2. The lowest BCUT2D eigenvalue weighted by atomic mass is 10.0. The summed E-state index contributed by atoms with van der Waals surface area (Å²) in [6.45, 7) is 7.09. The number of carbonyl (C=O) groups excluding carboxylic acids is 2. The predicted molar refractivity (Wildman–Crippen MR) is 95.3 cm³/mol. The number of alkyl carbamates (subject to hydrolysis) is 1. The minimum atomic E-state index is -3.64. The van der Waals surface area contributed by atoms with Crippen molar-refractivity contribution in [1.29, 1.82) is 0 Å². The SMILES string of the molecule is CCOC(=O)CC(NC(=O)OC(C)(C)C)c1ccc(OS(C)(=O)=O)cc1. The van der Waals surface area contributed by atoms with E-state index in [-0.39, 0.29) is 18.8 Å². The Morgan fingerprint density at radius 3 is 2.19 bits per heavy atom. The van der Waals surface area contributed by atoms with Gasteiger partial charge in [-0.3, -0.25) is 4.79 Å². The van der Waals surface area contributed by atoms with Gasteiger partial charge in [0.25, 0.3) is 0 Å². The molecule has 0 fully saturated rings. The molecule has 26 heavy (non-hydrogen) atoms. The third kappa shape index (κ3) is 8.70. The van der Waals surface area contributed by atoms with Gasteiger partial charge in [0.1, 0.15) is 11.4 Å². The summed E-state index contributed by atoms with van der Waals surface area (Å²) in [6.07, 6.45) is 0.164. The fraction of sp³-hybridized carbons (Fsp3) is 0.529. The molecule has 0 aliphatic heterocycles. The number of esters is 1. The summed E-state index contributed by atoms with van der Waals surface area (Å²) < 4.78 is 37.2. The Labute approximate surface area is 153 Å². The van der Waals surface area contributed by atoms with Gasteiger partial charge in [-0.05, 0) is 45.4 Å². The van der Waals surface area contributed by atoms with E-state index < -0.39 is 33.8 Å². The Bertz CT molecular complexity index is 720. The number of hydrogen-bond acceptors (Lipinski definition) is 7. The number of amides is 1. The van der Waals surface area contributed by atoms with Crippen LogP contribution in [0.5, 0.6) is 5.75 Å². The van der Waals surface area contributed by atoms with Gasteiger partial charge in [0.2, 0.25) is 0 Å². The molecule has 9 heteroatoms. The highest BCUT2D eigenvalue weighted by Gasteiger charge is 2.23. The second-order valence-corrected chi connectivity index (χ2v) is 8.14. The lowest BCUT2D eigenvalue weighted by Crippen LogP contribution is -2.36. The molecule has 0 aromatic heterocycles. The zero-order chi connectivity index (χ0) is 20.0. The molecule has 0 bridgehead atoms. The van der Waals surface area contributed by atoms with Gasteiger partial charge in [0.05, 0.1) is 25.3 Å². The largest absolute Gasteiger partial charge is 0.466 e. The first-order chi connectivity index (χ1) is 11.9. The van der Waals surface area contributed by atoms with Crippen molar-refractivity contribution >= 4 is 22.2 Å². The van der Waals surface area contributed by atoms with Gasteiger partial charge in [0.15, 0.2) is 0 Å². The van der Waals surface area contributed by atoms with Crippen molar-refractivity contribution in [1.82, 2.24) is 5.32 Å². The highest BCUT2D eigenvalue weighted by Crippen LogP contribution is 2.22. The minimum absolute atomic E-state index is 0.0979. The Kier molecular flexibility index (Phi) is 7.43. The highest BCUT2D eigenvalue weighted by atomic mass is 32.2. The van der Waals surface area contributed by atoms with E-state index >= 15 is 0 Å². The fourth-order valence-corrected chi connectivity index (χ4v) is 2.48. The van der Waals surface area contributed by atoms with E-state index in [0.717, 1.165) is 6.26 Å². The standard InChI is InChI=1S/C17H25NO7S/c1-6-23-15(19)11-14(18-16(20)24-17(2,3)4)12-7-9-13(10-8-12)25-26(5,21)22/h7-10,14H,6,11H2,1-5H3,(H,18,20). The molecule has 8 nitrogen and oxygen atoms in total. The van der Waals surface area contributed by atoms with Crippen LogP contribution >= 0.6 is 0 Å². The molecule has 1 amide bonds. The Morgan fingerprint density at radius 2 is 1.73 bits per heavy atom. The highest BCUT2D eigenvalue weighted by molar-refractivity contribution is 7.86. The maximum absolute atomic E-state index is 12.0. The van der Waals surface area contributed by atoms with Gasteiger partial charge in [-0.15, -0.1) is 0 Å². The molecular formula is C17H25NO7S. The monoisotopic (exact) mass is 387 g/mol. The summed E-state index contributed by atoms with van der Waals surface area (Å²) in [7, 11) is -3.64. The first-order valence-electron chi connectivity index (χ1n) is 8.04. The molecule has 0 spiro atoms. The molecule has 1 aromatic carbocycles. The molecule has 0 saturated carbocycles. The quantitative estimate of drug-likeness (QED) is 0.566. The Balaban J connectivity index is 2.96. The molecular weight excluding hydrogens is 362 g/mol. The summed E-state index contributed by atoms with van der Waals surface area (Å²) in [5.74, 6) is -0.353. The number of rotatable bonds is 7. The molecule has 0 aliphatic rings. The Hall–Kier alpha value is -2.29. The number of carbonyl (C=O) groups is 2. The van der Waals surface area contributed by atoms with Gasteiger partial charge in [-0.1, -0.05) is 12.1 Å². The van der Waals surface area contributed by atoms with E-state index in [1.54, 1.807) is 39.8 Å². The maximum Gasteiger partial charge on any atom is 0.408 e. The summed E-state index contributed by atoms with van der Waals surface area (Å²) >= 11 is 0. The normalized spacial score (nSPS) is 12.8. The van der Waals surface area contributed by atoms with Gasteiger partial charge < -0.3 is 19.0 Å². The van der Waals surface area contributed by atoms with Gasteiger partial charge in [-0.2, -0.15) is 8.42 Å². The first kappa shape index (κ1) is 21.8. The van der Waals surface area contributed by atoms with Crippen LogP contribution in [-0.2, 0) is 24.4 Å². The average molecular weight is 387 g/mol. The molecule has 1 N–H and O–H groups in total. The Morgan fingerprint density at radius 1 is 1.15 bits per heavy atom. The van der Waals surface area contributed by atoms with E-state index in [1.165, 1.54) is 12.1 Å². The average Bonchev–Trinajstić information content (AvgIpc) is 2.44. The fourth-order valence-electron chi connectivity index (χ4n) is 2.02. The van der Waals surface area contributed by atoms with Gasteiger partial charge in [0, 0.05) is 0 Å². The van der Waals surface area contributed by atoms with Crippen LogP contribution in [0.4, 0.5) is 4.79 Å². The van der Waals surface area contributed by atoms with E-state index in [1.807, 2.05) is 0 Å². The van der Waals surface area contributed by atoms with Crippen molar-refractivity contribution in [3.8, 4) is 5.75 Å². The van der Waals surface area contributed by atoms with Crippen LogP contribution in [0.2, 0.25) is 0 Å². The zero-order valence-corrected chi connectivity index (χ0v) is 16.4. The molecule has 0 heterocycles. The molecule has 1 atom stereocenters. The topological polar surface area (TPSA) is 108 Å². The van der Waals surface area contributed by atoms with Gasteiger partial charge in [-0.25, -0.2) is 4.79 Å². The third-order valence-corrected chi connectivity index (χ3v) is 3.39. The molecule has 1 unspecified atom stereocenters. The number of benzene rings is 1. The smallest absolute Gasteiger partial charge is 0.408 e. The third-order valence-electron chi connectivity index (χ3n) is 2.90. The van der Waals surface area contributed by atoms with Crippen LogP contribution in [0.3, 0.4) is 0 Å². The summed E-state index contributed by atoms with van der Waals surface area (Å²) in [5.41, 5.74) is -0.115. The van der Waals surface area contributed by atoms with Crippen molar-refractivity contribution in [2.45, 2.75) is 45.8 Å². The second kappa shape index (κ2) is 8.88. The first-order valence-corrected chi connectivity index (χ1v) is 9.86. The minimum Gasteiger partial charge on any atom is -0.466 e. The van der Waals surface area contributed by atoms with Crippen molar-refractivity contribution < 1.29 is 31.7 Å². The summed E-state index contributed by atoms with van der Waals surface area (Å²) in [6, 6.07) is 5.29. The van der Waals surface area contributed by atoms with E-state index in [4.69, 9.17) is 13.7 Å². The summed E-state index contributed by atoms with van der Waals surface area (Å²) in [4.78, 5) is 23.9. The van der Waals surface area contributed by atoms with Gasteiger partial charge >= 0.3 is 22.2 Å². The molecule has 0 aliphatic carbocycles. The number of nitrogens with one attached hydrogen (secondary N) is 1. The van der Waals surface area contributed by atoms with Crippen LogP contribution in [0.1, 0.15) is 45.7 Å². The molecule has 146 valence electrons. The van der Waals surface area contributed by atoms with Crippen molar-refractivity contribution in [2.24, 2.45) is 0 Å². The molecule has 0 radical (unpaired) electrons. The van der Waals surface area contributed by atoms with Crippen LogP contribution in [0.25, 0.3) is 0 Å². The number of hydrogen-bond donors (Lipinski definition) is 1. The molecule has 0 saturated heterocycles. The lowest BCUT2D eigenvalue weighted by Gasteiger charge is -2.23. The van der Waals surface area contributed by atoms with Crippen molar-refractivity contribution in [3.63, 3.8) is 0 Å². The van der Waals surface area contributed by atoms with E-state index in [9.17, 15) is 18.0 Å². The predicted octanol–water partition coefficient (Wildman–Crippen LogP) is 2.54. The van der Waals surface area contributed by atoms with Crippen LogP contribution in [0, 0.1) is 0 Å². The van der Waals surface area contributed by atoms with Crippen molar-refractivity contribution in [2.75, 3.05) is 12.9 Å². The zero-order valence-electron chi connectivity index (χ0n) is 15.6. The molecule has 1 rings (SSSR count). The van der Waals surface area contributed by atoms with E-state index in [2.05, 4.69) is 5.32 Å². The van der Waals surface area contributed by atoms with Crippen molar-refractivity contribution in [3.05, 3.63) is 29.8 Å². The lowest BCUT2D eigenvalue weighted by molar-refractivity contribution is -0.143. The maximum atomic E-state index is 12.0. The molecule has 1 aromatic rings. The van der Waals surface area contributed by atoms with E-state index in [0.29, 0.717) is 5.56 Å². The van der Waals surface area contributed by atoms with Crippen LogP contribution in [-0.4, -0.2) is 38.9 Å². The summed E-state index contributed by atoms with van der Waals surface area (Å²) in [5, 5.41) is 2.63.